The van der Waals surface area contributed by atoms with Crippen molar-refractivity contribution in [1.82, 2.24) is 0 Å². The minimum atomic E-state index is -2.12. The van der Waals surface area contributed by atoms with Crippen molar-refractivity contribution >= 4 is 11.9 Å². The van der Waals surface area contributed by atoms with Crippen LogP contribution >= 0.6 is 0 Å². The molecule has 0 amide bonds. The van der Waals surface area contributed by atoms with Crippen LogP contribution in [0.15, 0.2) is 42.5 Å². The number of phenols is 1. The average Bonchev–Trinajstić information content (AvgIpc) is 3.25. The predicted octanol–water partition coefficient (Wildman–Crippen LogP) is -1.39. The van der Waals surface area contributed by atoms with Crippen molar-refractivity contribution in [2.75, 3.05) is 26.9 Å². The van der Waals surface area contributed by atoms with Crippen molar-refractivity contribution < 1.29 is 73.8 Å². The van der Waals surface area contributed by atoms with E-state index in [0.717, 1.165) is 12.1 Å². The Morgan fingerprint density at radius 3 is 2.34 bits per heavy atom. The van der Waals surface area contributed by atoms with Crippen molar-refractivity contribution in [3.05, 3.63) is 53.6 Å². The number of ether oxygens (including phenoxy) is 6. The lowest BCUT2D eigenvalue weighted by atomic mass is 9.98. The molecule has 0 unspecified atom stereocenters. The van der Waals surface area contributed by atoms with E-state index in [1.165, 1.54) is 37.4 Å². The van der Waals surface area contributed by atoms with E-state index in [4.69, 9.17) is 28.4 Å². The maximum Gasteiger partial charge on any atom is 0.339 e. The molecule has 2 aromatic carbocycles. The van der Waals surface area contributed by atoms with Crippen molar-refractivity contribution in [2.45, 2.75) is 48.7 Å². The van der Waals surface area contributed by atoms with E-state index < -0.39 is 91.8 Å². The molecule has 41 heavy (non-hydrogen) atoms. The minimum Gasteiger partial charge on any atom is -0.507 e. The smallest absolute Gasteiger partial charge is 0.339 e. The topological polar surface area (TPSA) is 231 Å². The maximum absolute atomic E-state index is 12.4. The van der Waals surface area contributed by atoms with Crippen molar-refractivity contribution in [1.29, 1.82) is 0 Å². The zero-order valence-corrected chi connectivity index (χ0v) is 21.6. The van der Waals surface area contributed by atoms with Gasteiger partial charge in [-0.25, -0.2) is 9.59 Å². The second kappa shape index (κ2) is 12.5. The Balaban J connectivity index is 1.46. The number of aromatic carboxylic acids is 1. The number of aromatic hydroxyl groups is 1. The van der Waals surface area contributed by atoms with Crippen LogP contribution in [0, 0.1) is 0 Å². The van der Waals surface area contributed by atoms with Gasteiger partial charge in [0.05, 0.1) is 25.9 Å². The Morgan fingerprint density at radius 2 is 1.71 bits per heavy atom. The summed E-state index contributed by atoms with van der Waals surface area (Å²) in [5, 5.41) is 71.4. The van der Waals surface area contributed by atoms with Crippen molar-refractivity contribution in [3.8, 4) is 17.2 Å². The summed E-state index contributed by atoms with van der Waals surface area (Å²) in [6.45, 7) is -1.97. The predicted molar refractivity (Wildman–Crippen MR) is 132 cm³/mol. The Labute approximate surface area is 232 Å². The van der Waals surface area contributed by atoms with Gasteiger partial charge in [-0.1, -0.05) is 0 Å². The Morgan fingerprint density at radius 1 is 1.02 bits per heavy atom. The van der Waals surface area contributed by atoms with Gasteiger partial charge in [0.1, 0.15) is 53.8 Å². The van der Waals surface area contributed by atoms with Gasteiger partial charge >= 0.3 is 11.9 Å². The summed E-state index contributed by atoms with van der Waals surface area (Å²) in [7, 11) is 1.46. The van der Waals surface area contributed by atoms with E-state index in [1.54, 1.807) is 0 Å². The maximum atomic E-state index is 12.4. The number of methoxy groups -OCH3 is 1. The monoisotopic (exact) mass is 582 g/mol. The number of rotatable bonds is 10. The number of esters is 1. The molecule has 0 aromatic heterocycles. The first-order chi connectivity index (χ1) is 19.5. The Kier molecular flexibility index (Phi) is 9.31. The lowest BCUT2D eigenvalue weighted by Gasteiger charge is -2.42. The van der Waals surface area contributed by atoms with Crippen LogP contribution in [-0.4, -0.2) is 123 Å². The fourth-order valence-electron chi connectivity index (χ4n) is 4.24. The molecule has 4 rings (SSSR count). The lowest BCUT2D eigenvalue weighted by Crippen LogP contribution is -2.62. The molecule has 15 heteroatoms. The summed E-state index contributed by atoms with van der Waals surface area (Å²) >= 11 is 0. The number of carbonyl (C=O) groups excluding carboxylic acids is 1. The van der Waals surface area contributed by atoms with Crippen LogP contribution in [0.4, 0.5) is 0 Å². The molecule has 2 heterocycles. The van der Waals surface area contributed by atoms with Crippen LogP contribution in [0.2, 0.25) is 0 Å². The molecule has 2 saturated heterocycles. The first-order valence-corrected chi connectivity index (χ1v) is 12.3. The van der Waals surface area contributed by atoms with E-state index in [-0.39, 0.29) is 11.3 Å². The van der Waals surface area contributed by atoms with Crippen LogP contribution < -0.4 is 9.47 Å². The van der Waals surface area contributed by atoms with Crippen LogP contribution in [0.5, 0.6) is 17.2 Å². The number of hydrogen-bond acceptors (Lipinski definition) is 14. The van der Waals surface area contributed by atoms with E-state index in [9.17, 15) is 45.3 Å². The molecule has 2 aliphatic rings. The molecule has 0 saturated carbocycles. The number of carboxylic acids is 1. The molecular weight excluding hydrogens is 552 g/mol. The van der Waals surface area contributed by atoms with Crippen molar-refractivity contribution in [2.24, 2.45) is 0 Å². The molecule has 2 aromatic rings. The summed E-state index contributed by atoms with van der Waals surface area (Å²) in [5.41, 5.74) is -2.46. The van der Waals surface area contributed by atoms with Crippen LogP contribution in [-0.2, 0) is 18.9 Å². The molecule has 0 spiro atoms. The fourth-order valence-corrected chi connectivity index (χ4v) is 4.24. The van der Waals surface area contributed by atoms with Crippen LogP contribution in [0.3, 0.4) is 0 Å². The molecule has 0 aliphatic carbocycles. The van der Waals surface area contributed by atoms with Crippen LogP contribution in [0.1, 0.15) is 20.7 Å². The van der Waals surface area contributed by atoms with Gasteiger partial charge in [-0.05, 0) is 42.5 Å². The highest BCUT2D eigenvalue weighted by molar-refractivity contribution is 5.91. The molecule has 0 bridgehead atoms. The second-order valence-electron chi connectivity index (χ2n) is 9.44. The van der Waals surface area contributed by atoms with Gasteiger partial charge in [-0.15, -0.1) is 0 Å². The van der Waals surface area contributed by atoms with Gasteiger partial charge in [0.15, 0.2) is 18.0 Å². The van der Waals surface area contributed by atoms with Gasteiger partial charge in [-0.2, -0.15) is 0 Å². The van der Waals surface area contributed by atoms with Crippen molar-refractivity contribution in [3.63, 3.8) is 0 Å². The summed E-state index contributed by atoms with van der Waals surface area (Å²) < 4.78 is 32.3. The average molecular weight is 583 g/mol. The molecule has 7 N–H and O–H groups in total. The molecule has 8 atom stereocenters. The number of benzene rings is 2. The van der Waals surface area contributed by atoms with Gasteiger partial charge in [-0.3, -0.25) is 0 Å². The molecule has 2 aliphatic heterocycles. The number of aliphatic hydroxyl groups is 5. The van der Waals surface area contributed by atoms with Gasteiger partial charge in [0.25, 0.3) is 0 Å². The summed E-state index contributed by atoms with van der Waals surface area (Å²) in [5.74, 6) is -2.42. The zero-order valence-electron chi connectivity index (χ0n) is 21.6. The van der Waals surface area contributed by atoms with Crippen LogP contribution in [0.25, 0.3) is 0 Å². The van der Waals surface area contributed by atoms with Gasteiger partial charge in [0, 0.05) is 0 Å². The second-order valence-corrected chi connectivity index (χ2v) is 9.44. The number of carboxylic acid groups (broad SMARTS) is 1. The van der Waals surface area contributed by atoms with Gasteiger partial charge < -0.3 is 64.2 Å². The van der Waals surface area contributed by atoms with E-state index >= 15 is 0 Å². The third-order valence-corrected chi connectivity index (χ3v) is 6.65. The highest BCUT2D eigenvalue weighted by atomic mass is 16.8. The number of carbonyl (C=O) groups is 2. The van der Waals surface area contributed by atoms with Gasteiger partial charge in [0.2, 0.25) is 6.29 Å². The largest absolute Gasteiger partial charge is 0.507 e. The molecule has 224 valence electrons. The molecular formula is C26H30O15. The summed E-state index contributed by atoms with van der Waals surface area (Å²) in [4.78, 5) is 23.8. The lowest BCUT2D eigenvalue weighted by molar-refractivity contribution is -0.318. The quantitative estimate of drug-likeness (QED) is 0.160. The summed E-state index contributed by atoms with van der Waals surface area (Å²) in [6.07, 6.45) is -11.5. The van der Waals surface area contributed by atoms with E-state index in [2.05, 4.69) is 0 Å². The number of hydrogen-bond donors (Lipinski definition) is 7. The minimum absolute atomic E-state index is 0.145. The Hall–Kier alpha value is -3.54. The SMILES string of the molecule is COc1ccc(C(=O)OC[C@@]2(O)CO[C@@H](O[C@H]3[C@H](Oc4ccc(O)c(C(=O)O)c4)O[C@H](CO)[C@@H](O)[C@@H]3O)[C@@H]2O)cc1. The highest BCUT2D eigenvalue weighted by Gasteiger charge is 2.54. The fraction of sp³-hybridized carbons (Fsp3) is 0.462. The third-order valence-electron chi connectivity index (χ3n) is 6.65. The zero-order chi connectivity index (χ0) is 29.9. The van der Waals surface area contributed by atoms with E-state index in [1.807, 2.05) is 0 Å². The Bertz CT molecular complexity index is 1220. The van der Waals surface area contributed by atoms with E-state index in [0.29, 0.717) is 5.75 Å². The standard InChI is InChI=1S/C26H30O15/c1-36-13-4-2-12(3-5-13)23(34)37-10-26(35)11-38-25(21(26)31)41-20-19(30)18(29)17(9-27)40-24(20)39-14-6-7-16(28)15(8-14)22(32)33/h2-8,17-21,24-25,27-31,35H,9-11H2,1H3,(H,32,33)/t17-,18-,19+,20-,21+,24-,25+,26-/m1/s1. The normalized spacial score (nSPS) is 31.4. The number of aliphatic hydroxyl groups excluding tert-OH is 4. The molecule has 15 nitrogen and oxygen atoms in total. The first-order valence-electron chi connectivity index (χ1n) is 12.3. The molecule has 0 radical (unpaired) electrons. The molecule has 2 fully saturated rings. The first kappa shape index (κ1) is 30.4. The highest BCUT2D eigenvalue weighted by Crippen LogP contribution is 2.33. The third kappa shape index (κ3) is 6.52. The summed E-state index contributed by atoms with van der Waals surface area (Å²) in [6, 6.07) is 9.18.